The molecule has 0 aliphatic carbocycles. The Labute approximate surface area is 113 Å². The third-order valence-electron chi connectivity index (χ3n) is 2.64. The summed E-state index contributed by atoms with van der Waals surface area (Å²) < 4.78 is 1.90. The zero-order valence-corrected chi connectivity index (χ0v) is 10.9. The Bertz CT molecular complexity index is 724. The Balaban J connectivity index is 2.02. The van der Waals surface area contributed by atoms with Crippen LogP contribution >= 0.6 is 11.8 Å². The molecule has 19 heavy (non-hydrogen) atoms. The van der Waals surface area contributed by atoms with Crippen molar-refractivity contribution < 1.29 is 0 Å². The fourth-order valence-corrected chi connectivity index (χ4v) is 2.51. The predicted octanol–water partition coefficient (Wildman–Crippen LogP) is 1.26. The molecule has 7 nitrogen and oxygen atoms in total. The predicted molar refractivity (Wildman–Crippen MR) is 71.7 cm³/mol. The third-order valence-corrected chi connectivity index (χ3v) is 3.71. The molecule has 3 aromatic rings. The first-order chi connectivity index (χ1) is 9.29. The molecule has 0 aromatic carbocycles. The lowest BCUT2D eigenvalue weighted by atomic mass is 10.3. The number of rotatable bonds is 3. The maximum absolute atomic E-state index is 5.40. The van der Waals surface area contributed by atoms with Crippen LogP contribution < -0.4 is 11.3 Å². The second-order valence-corrected chi connectivity index (χ2v) is 4.77. The molecule has 0 aliphatic rings. The van der Waals surface area contributed by atoms with Gasteiger partial charge >= 0.3 is 0 Å². The number of hydrazine groups is 1. The molecule has 0 bridgehead atoms. The lowest BCUT2D eigenvalue weighted by Crippen LogP contribution is -2.10. The summed E-state index contributed by atoms with van der Waals surface area (Å²) in [6.45, 7) is 1.90. The summed E-state index contributed by atoms with van der Waals surface area (Å²) in [5.74, 6) is 6.00. The van der Waals surface area contributed by atoms with Crippen LogP contribution in [0.3, 0.4) is 0 Å². The molecule has 0 fully saturated rings. The molecule has 0 spiro atoms. The van der Waals surface area contributed by atoms with Crippen LogP contribution in [0.2, 0.25) is 0 Å². The van der Waals surface area contributed by atoms with Gasteiger partial charge in [-0.1, -0.05) is 6.07 Å². The van der Waals surface area contributed by atoms with E-state index in [1.165, 1.54) is 18.1 Å². The largest absolute Gasteiger partial charge is 0.308 e. The number of pyridine rings is 1. The highest BCUT2D eigenvalue weighted by atomic mass is 32.2. The average molecular weight is 273 g/mol. The van der Waals surface area contributed by atoms with Gasteiger partial charge in [0.2, 0.25) is 5.16 Å². The second-order valence-electron chi connectivity index (χ2n) is 3.81. The second kappa shape index (κ2) is 4.82. The minimum atomic E-state index is 0.603. The van der Waals surface area contributed by atoms with E-state index in [0.717, 1.165) is 21.4 Å². The summed E-state index contributed by atoms with van der Waals surface area (Å²) >= 11 is 1.42. The van der Waals surface area contributed by atoms with Gasteiger partial charge < -0.3 is 5.43 Å². The van der Waals surface area contributed by atoms with E-state index in [1.807, 2.05) is 35.7 Å². The number of nitrogens with zero attached hydrogens (tertiary/aromatic N) is 5. The molecule has 0 aliphatic heterocycles. The number of nitrogen functional groups attached to an aromatic ring is 1. The smallest absolute Gasteiger partial charge is 0.201 e. The van der Waals surface area contributed by atoms with Crippen LogP contribution in [-0.2, 0) is 0 Å². The molecule has 0 unspecified atom stereocenters. The number of anilines is 1. The minimum Gasteiger partial charge on any atom is -0.308 e. The fourth-order valence-electron chi connectivity index (χ4n) is 1.66. The van der Waals surface area contributed by atoms with Crippen LogP contribution in [0.25, 0.3) is 5.65 Å². The van der Waals surface area contributed by atoms with Crippen molar-refractivity contribution in [2.45, 2.75) is 17.1 Å². The highest BCUT2D eigenvalue weighted by molar-refractivity contribution is 7.99. The van der Waals surface area contributed by atoms with Crippen LogP contribution in [0.15, 0.2) is 40.9 Å². The van der Waals surface area contributed by atoms with Crippen LogP contribution in [0.1, 0.15) is 5.56 Å². The molecule has 3 heterocycles. The average Bonchev–Trinajstić information content (AvgIpc) is 2.85. The summed E-state index contributed by atoms with van der Waals surface area (Å²) in [6, 6.07) is 5.75. The Morgan fingerprint density at radius 3 is 3.00 bits per heavy atom. The Morgan fingerprint density at radius 1 is 1.26 bits per heavy atom. The molecule has 0 amide bonds. The maximum Gasteiger partial charge on any atom is 0.201 e. The zero-order valence-electron chi connectivity index (χ0n) is 10.1. The molecule has 0 radical (unpaired) electrons. The van der Waals surface area contributed by atoms with Gasteiger partial charge in [-0.25, -0.2) is 15.8 Å². The van der Waals surface area contributed by atoms with Gasteiger partial charge in [-0.3, -0.25) is 4.40 Å². The maximum atomic E-state index is 5.40. The van der Waals surface area contributed by atoms with Gasteiger partial charge in [0.1, 0.15) is 17.2 Å². The van der Waals surface area contributed by atoms with Crippen molar-refractivity contribution in [2.75, 3.05) is 5.43 Å². The molecule has 0 saturated heterocycles. The van der Waals surface area contributed by atoms with Gasteiger partial charge in [0.15, 0.2) is 5.65 Å². The van der Waals surface area contributed by atoms with Crippen LogP contribution in [0.4, 0.5) is 5.82 Å². The lowest BCUT2D eigenvalue weighted by molar-refractivity contribution is 0.910. The SMILES string of the molecule is Cc1c(NN)ncnc1Sc1nnc2ccccn12. The van der Waals surface area contributed by atoms with Crippen LogP contribution in [0, 0.1) is 6.92 Å². The summed E-state index contributed by atoms with van der Waals surface area (Å²) in [4.78, 5) is 8.29. The molecule has 96 valence electrons. The van der Waals surface area contributed by atoms with E-state index in [4.69, 9.17) is 5.84 Å². The molecule has 0 atom stereocenters. The highest BCUT2D eigenvalue weighted by Gasteiger charge is 2.12. The number of aromatic nitrogens is 5. The van der Waals surface area contributed by atoms with Gasteiger partial charge in [-0.2, -0.15) is 0 Å². The number of nitrogens with one attached hydrogen (secondary N) is 1. The topological polar surface area (TPSA) is 94.0 Å². The van der Waals surface area contributed by atoms with Crippen molar-refractivity contribution >= 4 is 23.2 Å². The van der Waals surface area contributed by atoms with E-state index >= 15 is 0 Å². The van der Waals surface area contributed by atoms with E-state index in [9.17, 15) is 0 Å². The van der Waals surface area contributed by atoms with Gasteiger partial charge in [-0.05, 0) is 30.8 Å². The van der Waals surface area contributed by atoms with Crippen molar-refractivity contribution in [1.29, 1.82) is 0 Å². The number of fused-ring (bicyclic) bond motifs is 1. The van der Waals surface area contributed by atoms with E-state index in [0.29, 0.717) is 5.82 Å². The van der Waals surface area contributed by atoms with Crippen molar-refractivity contribution in [3.8, 4) is 0 Å². The number of hydrogen-bond donors (Lipinski definition) is 2. The first-order valence-corrected chi connectivity index (χ1v) is 6.37. The Kier molecular flexibility index (Phi) is 3.02. The minimum absolute atomic E-state index is 0.603. The first kappa shape index (κ1) is 11.9. The molecule has 8 heteroatoms. The van der Waals surface area contributed by atoms with Crippen molar-refractivity contribution in [1.82, 2.24) is 24.6 Å². The Hall–Kier alpha value is -2.19. The highest BCUT2D eigenvalue weighted by Crippen LogP contribution is 2.29. The number of nitrogens with two attached hydrogens (primary N) is 1. The van der Waals surface area contributed by atoms with Gasteiger partial charge in [0.25, 0.3) is 0 Å². The standard InChI is InChI=1S/C11H11N7S/c1-7-9(15-12)13-6-14-10(7)19-11-17-16-8-4-2-3-5-18(8)11/h2-6H,12H2,1H3,(H,13,14,15). The Morgan fingerprint density at radius 2 is 2.16 bits per heavy atom. The fraction of sp³-hybridized carbons (Fsp3) is 0.0909. The molecular weight excluding hydrogens is 262 g/mol. The van der Waals surface area contributed by atoms with E-state index in [2.05, 4.69) is 25.6 Å². The lowest BCUT2D eigenvalue weighted by Gasteiger charge is -2.06. The molecule has 3 rings (SSSR count). The quantitative estimate of drug-likeness (QED) is 0.421. The molecule has 3 N–H and O–H groups in total. The van der Waals surface area contributed by atoms with Crippen molar-refractivity contribution in [2.24, 2.45) is 5.84 Å². The summed E-state index contributed by atoms with van der Waals surface area (Å²) in [7, 11) is 0. The van der Waals surface area contributed by atoms with Gasteiger partial charge in [-0.15, -0.1) is 10.2 Å². The first-order valence-electron chi connectivity index (χ1n) is 5.55. The van der Waals surface area contributed by atoms with E-state index in [1.54, 1.807) is 0 Å². The number of hydrogen-bond acceptors (Lipinski definition) is 7. The summed E-state index contributed by atoms with van der Waals surface area (Å²) in [5.41, 5.74) is 4.22. The van der Waals surface area contributed by atoms with E-state index in [-0.39, 0.29) is 0 Å². The molecule has 0 saturated carbocycles. The van der Waals surface area contributed by atoms with E-state index < -0.39 is 0 Å². The van der Waals surface area contributed by atoms with Crippen LogP contribution in [-0.4, -0.2) is 24.6 Å². The molecular formula is C11H11N7S. The normalized spacial score (nSPS) is 10.8. The monoisotopic (exact) mass is 273 g/mol. The van der Waals surface area contributed by atoms with Gasteiger partial charge in [0, 0.05) is 11.8 Å². The van der Waals surface area contributed by atoms with Crippen molar-refractivity contribution in [3.63, 3.8) is 0 Å². The van der Waals surface area contributed by atoms with Gasteiger partial charge in [0.05, 0.1) is 0 Å². The summed E-state index contributed by atoms with van der Waals surface area (Å²) in [6.07, 6.45) is 3.38. The van der Waals surface area contributed by atoms with Crippen molar-refractivity contribution in [3.05, 3.63) is 36.3 Å². The zero-order chi connectivity index (χ0) is 13.2. The summed E-state index contributed by atoms with van der Waals surface area (Å²) in [5, 5.41) is 9.79. The van der Waals surface area contributed by atoms with Crippen LogP contribution in [0.5, 0.6) is 0 Å². The molecule has 3 aromatic heterocycles. The third kappa shape index (κ3) is 2.11.